The molecule has 1 aromatic carbocycles. The normalized spacial score (nSPS) is 33.8. The van der Waals surface area contributed by atoms with Gasteiger partial charge in [-0.1, -0.05) is 36.4 Å². The van der Waals surface area contributed by atoms with Crippen molar-refractivity contribution in [2.45, 2.75) is 50.9 Å². The zero-order valence-electron chi connectivity index (χ0n) is 20.4. The Hall–Kier alpha value is -2.97. The number of unbranched alkanes of at least 4 members (excludes halogenated alkanes) is 1. The van der Waals surface area contributed by atoms with Crippen LogP contribution in [0.5, 0.6) is 0 Å². The SMILES string of the molecule is Cc1cccc(C)c1N1CC=C[C@]23O[C@]4(C)C=CCOC(=O)[C@@H]4[C@H]2C(=O)N(CCCCO)C3C1=O. The number of nitrogens with zero attached hydrogens (tertiary/aromatic N) is 2. The molecule has 186 valence electrons. The second-order valence-corrected chi connectivity index (χ2v) is 10.1. The van der Waals surface area contributed by atoms with E-state index in [-0.39, 0.29) is 25.0 Å². The molecule has 2 amide bonds. The Balaban J connectivity index is 1.65. The molecule has 5 rings (SSSR count). The van der Waals surface area contributed by atoms with Gasteiger partial charge < -0.3 is 24.4 Å². The van der Waals surface area contributed by atoms with Gasteiger partial charge in [-0.25, -0.2) is 0 Å². The van der Waals surface area contributed by atoms with Gasteiger partial charge in [-0.3, -0.25) is 14.4 Å². The Labute approximate surface area is 205 Å². The Bertz CT molecular complexity index is 1110. The molecule has 2 fully saturated rings. The van der Waals surface area contributed by atoms with Crippen molar-refractivity contribution in [1.82, 2.24) is 4.90 Å². The first kappa shape index (κ1) is 23.8. The van der Waals surface area contributed by atoms with Crippen LogP contribution in [0.4, 0.5) is 5.69 Å². The summed E-state index contributed by atoms with van der Waals surface area (Å²) in [5.41, 5.74) is 0.390. The number of likely N-dealkylation sites (tertiary alicyclic amines) is 1. The van der Waals surface area contributed by atoms with E-state index in [1.54, 1.807) is 28.9 Å². The smallest absolute Gasteiger partial charge is 0.313 e. The number of benzene rings is 1. The van der Waals surface area contributed by atoms with Crippen LogP contribution in [0.2, 0.25) is 0 Å². The quantitative estimate of drug-likeness (QED) is 0.394. The van der Waals surface area contributed by atoms with E-state index in [0.717, 1.165) is 16.8 Å². The number of fused-ring (bicyclic) bond motifs is 2. The molecule has 0 aliphatic carbocycles. The van der Waals surface area contributed by atoms with Crippen LogP contribution in [0.3, 0.4) is 0 Å². The number of cyclic esters (lactones) is 1. The number of para-hydroxylation sites is 1. The van der Waals surface area contributed by atoms with Gasteiger partial charge in [-0.15, -0.1) is 0 Å². The number of aliphatic hydroxyl groups excluding tert-OH is 1. The molecular formula is C27H32N2O6. The molecule has 1 spiro atoms. The van der Waals surface area contributed by atoms with E-state index in [1.165, 1.54) is 0 Å². The molecule has 8 heteroatoms. The highest BCUT2D eigenvalue weighted by molar-refractivity contribution is 6.06. The molecule has 35 heavy (non-hydrogen) atoms. The maximum absolute atomic E-state index is 14.3. The fourth-order valence-electron chi connectivity index (χ4n) is 6.42. The van der Waals surface area contributed by atoms with Crippen LogP contribution < -0.4 is 4.90 Å². The van der Waals surface area contributed by atoms with Crippen molar-refractivity contribution in [3.8, 4) is 0 Å². The maximum Gasteiger partial charge on any atom is 0.313 e. The van der Waals surface area contributed by atoms with Crippen LogP contribution in [0, 0.1) is 25.7 Å². The van der Waals surface area contributed by atoms with Gasteiger partial charge in [-0.05, 0) is 50.8 Å². The summed E-state index contributed by atoms with van der Waals surface area (Å²) in [5.74, 6) is -2.73. The van der Waals surface area contributed by atoms with Crippen molar-refractivity contribution in [2.75, 3.05) is 31.2 Å². The van der Waals surface area contributed by atoms with Gasteiger partial charge >= 0.3 is 5.97 Å². The summed E-state index contributed by atoms with van der Waals surface area (Å²) in [7, 11) is 0. The highest BCUT2D eigenvalue weighted by atomic mass is 16.6. The van der Waals surface area contributed by atoms with E-state index < -0.39 is 35.0 Å². The summed E-state index contributed by atoms with van der Waals surface area (Å²) in [4.78, 5) is 44.7. The first-order valence-electron chi connectivity index (χ1n) is 12.3. The molecule has 4 aliphatic heterocycles. The average Bonchev–Trinajstić information content (AvgIpc) is 3.06. The number of carbonyl (C=O) groups excluding carboxylic acids is 3. The molecule has 0 aromatic heterocycles. The molecule has 0 saturated carbocycles. The Kier molecular flexibility index (Phi) is 5.84. The van der Waals surface area contributed by atoms with E-state index in [1.807, 2.05) is 44.2 Å². The first-order valence-corrected chi connectivity index (χ1v) is 12.3. The number of anilines is 1. The predicted octanol–water partition coefficient (Wildman–Crippen LogP) is 2.06. The van der Waals surface area contributed by atoms with E-state index in [4.69, 9.17) is 9.47 Å². The summed E-state index contributed by atoms with van der Waals surface area (Å²) >= 11 is 0. The molecule has 8 nitrogen and oxygen atoms in total. The number of carbonyl (C=O) groups is 3. The second-order valence-electron chi connectivity index (χ2n) is 10.1. The summed E-state index contributed by atoms with van der Waals surface area (Å²) < 4.78 is 12.1. The average molecular weight is 481 g/mol. The number of hydrogen-bond acceptors (Lipinski definition) is 6. The van der Waals surface area contributed by atoms with Crippen molar-refractivity contribution >= 4 is 23.5 Å². The van der Waals surface area contributed by atoms with E-state index in [2.05, 4.69) is 0 Å². The third kappa shape index (κ3) is 3.45. The zero-order chi connectivity index (χ0) is 25.0. The lowest BCUT2D eigenvalue weighted by Gasteiger charge is -2.37. The van der Waals surface area contributed by atoms with Gasteiger partial charge in [0.2, 0.25) is 5.91 Å². The van der Waals surface area contributed by atoms with Crippen molar-refractivity contribution in [2.24, 2.45) is 11.8 Å². The van der Waals surface area contributed by atoms with Gasteiger partial charge in [-0.2, -0.15) is 0 Å². The van der Waals surface area contributed by atoms with E-state index in [9.17, 15) is 19.5 Å². The topological polar surface area (TPSA) is 96.4 Å². The molecule has 0 radical (unpaired) electrons. The third-order valence-corrected chi connectivity index (χ3v) is 7.83. The van der Waals surface area contributed by atoms with Gasteiger partial charge in [0, 0.05) is 25.4 Å². The lowest BCUT2D eigenvalue weighted by Crippen LogP contribution is -2.56. The van der Waals surface area contributed by atoms with Crippen LogP contribution in [0.1, 0.15) is 30.9 Å². The number of aryl methyl sites for hydroxylation is 2. The maximum atomic E-state index is 14.3. The molecule has 1 N–H and O–H groups in total. The number of esters is 1. The van der Waals surface area contributed by atoms with Crippen LogP contribution >= 0.6 is 0 Å². The zero-order valence-corrected chi connectivity index (χ0v) is 20.4. The van der Waals surface area contributed by atoms with Crippen LogP contribution in [-0.2, 0) is 23.9 Å². The molecule has 4 aliphatic rings. The fraction of sp³-hybridized carbons (Fsp3) is 0.519. The number of rotatable bonds is 5. The number of amides is 2. The molecule has 1 unspecified atom stereocenters. The van der Waals surface area contributed by atoms with Crippen LogP contribution in [0.25, 0.3) is 0 Å². The van der Waals surface area contributed by atoms with Gasteiger partial charge in [0.05, 0.1) is 11.5 Å². The monoisotopic (exact) mass is 480 g/mol. The second kappa shape index (κ2) is 8.60. The number of ether oxygens (including phenoxy) is 2. The highest BCUT2D eigenvalue weighted by Gasteiger charge is 2.74. The first-order chi connectivity index (χ1) is 16.7. The van der Waals surface area contributed by atoms with Crippen molar-refractivity contribution in [3.05, 3.63) is 53.6 Å². The standard InChI is InChI=1S/C27H32N2O6/c1-17-9-6-10-18(2)21(17)28-14-7-12-27-19(20-25(33)34-16-8-11-26(20,3)35-27)23(31)29(13-4-5-15-30)22(27)24(28)32/h6-12,19-20,22,30H,4-5,13-16H2,1-3H3/t19-,20-,22?,26+,27-/m0/s1. The van der Waals surface area contributed by atoms with Gasteiger partial charge in [0.25, 0.3) is 5.91 Å². The minimum absolute atomic E-state index is 0.00202. The largest absolute Gasteiger partial charge is 0.461 e. The number of aliphatic hydroxyl groups is 1. The van der Waals surface area contributed by atoms with E-state index >= 15 is 0 Å². The summed E-state index contributed by atoms with van der Waals surface area (Å²) in [5, 5.41) is 9.32. The lowest BCUT2D eigenvalue weighted by molar-refractivity contribution is -0.156. The van der Waals surface area contributed by atoms with Crippen molar-refractivity contribution < 1.29 is 29.0 Å². The molecule has 0 bridgehead atoms. The number of hydrogen-bond donors (Lipinski definition) is 1. The third-order valence-electron chi connectivity index (χ3n) is 7.83. The fourth-order valence-corrected chi connectivity index (χ4v) is 6.42. The van der Waals surface area contributed by atoms with Crippen molar-refractivity contribution in [1.29, 1.82) is 0 Å². The summed E-state index contributed by atoms with van der Waals surface area (Å²) in [6.45, 7) is 6.47. The Morgan fingerprint density at radius 1 is 1.03 bits per heavy atom. The Morgan fingerprint density at radius 3 is 2.49 bits per heavy atom. The van der Waals surface area contributed by atoms with Crippen molar-refractivity contribution in [3.63, 3.8) is 0 Å². The van der Waals surface area contributed by atoms with E-state index in [0.29, 0.717) is 25.9 Å². The molecule has 5 atom stereocenters. The summed E-state index contributed by atoms with van der Waals surface area (Å²) in [6, 6.07) is 4.96. The minimum atomic E-state index is -1.29. The van der Waals surface area contributed by atoms with Gasteiger partial charge in [0.15, 0.2) is 0 Å². The Morgan fingerprint density at radius 2 is 1.77 bits per heavy atom. The summed E-state index contributed by atoms with van der Waals surface area (Å²) in [6.07, 6.45) is 8.28. The van der Waals surface area contributed by atoms with Crippen LogP contribution in [-0.4, -0.2) is 71.3 Å². The van der Waals surface area contributed by atoms with Crippen LogP contribution in [0.15, 0.2) is 42.5 Å². The van der Waals surface area contributed by atoms with Gasteiger partial charge in [0.1, 0.15) is 24.2 Å². The molecule has 1 aromatic rings. The molecule has 4 heterocycles. The molecular weight excluding hydrogens is 448 g/mol. The lowest BCUT2D eigenvalue weighted by atomic mass is 9.75. The predicted molar refractivity (Wildman–Crippen MR) is 129 cm³/mol. The minimum Gasteiger partial charge on any atom is -0.461 e. The molecule has 2 saturated heterocycles. The highest BCUT2D eigenvalue weighted by Crippen LogP contribution is 2.57.